The molecule has 148 valence electrons. The second-order valence-electron chi connectivity index (χ2n) is 6.08. The largest absolute Gasteiger partial charge is 0.396 e. The number of para-hydroxylation sites is 1. The molecule has 2 aromatic heterocycles. The standard InChI is InChI=1S/C19H20N4OS2.C2H6/c1-23(26-17-7-2-3-9-20-17)16-6-4-5-13-11-15(22-18(13)16)19-21-12-14(25-19)8-10-24;1-2/h2-7,9,11,14,22,24H,8,10,12H2,1H3;1-2H3. The van der Waals surface area contributed by atoms with Gasteiger partial charge in [-0.1, -0.05) is 43.8 Å². The SMILES string of the molecule is CC.CN(Sc1ccccn1)c1cccc2cc(C3=NCC(CCO)S3)[nH]c12. The van der Waals surface area contributed by atoms with Crippen LogP contribution in [0.3, 0.4) is 0 Å². The summed E-state index contributed by atoms with van der Waals surface area (Å²) in [5.41, 5.74) is 3.26. The van der Waals surface area contributed by atoms with Crippen molar-refractivity contribution in [3.8, 4) is 0 Å². The van der Waals surface area contributed by atoms with Crippen LogP contribution in [0, 0.1) is 0 Å². The third-order valence-corrected chi connectivity index (χ3v) is 6.43. The van der Waals surface area contributed by atoms with Gasteiger partial charge in [-0.05, 0) is 30.7 Å². The van der Waals surface area contributed by atoms with Crippen molar-refractivity contribution in [2.24, 2.45) is 4.99 Å². The third-order valence-electron chi connectivity index (χ3n) is 4.24. The van der Waals surface area contributed by atoms with E-state index in [0.29, 0.717) is 5.25 Å². The number of hydrogen-bond acceptors (Lipinski definition) is 6. The van der Waals surface area contributed by atoms with Crippen molar-refractivity contribution >= 4 is 45.3 Å². The van der Waals surface area contributed by atoms with Gasteiger partial charge in [-0.2, -0.15) is 0 Å². The van der Waals surface area contributed by atoms with E-state index in [9.17, 15) is 0 Å². The van der Waals surface area contributed by atoms with Gasteiger partial charge in [0.2, 0.25) is 0 Å². The molecule has 0 amide bonds. The lowest BCUT2D eigenvalue weighted by molar-refractivity contribution is 0.288. The van der Waals surface area contributed by atoms with Crippen LogP contribution in [0.25, 0.3) is 10.9 Å². The van der Waals surface area contributed by atoms with Gasteiger partial charge in [0.15, 0.2) is 0 Å². The highest BCUT2D eigenvalue weighted by Gasteiger charge is 2.22. The number of benzene rings is 1. The predicted octanol–water partition coefficient (Wildman–Crippen LogP) is 4.98. The van der Waals surface area contributed by atoms with Gasteiger partial charge >= 0.3 is 0 Å². The fraction of sp³-hybridized carbons (Fsp3) is 0.333. The Morgan fingerprint density at radius 3 is 2.86 bits per heavy atom. The fourth-order valence-electron chi connectivity index (χ4n) is 2.97. The molecule has 1 aliphatic rings. The first-order valence-corrected chi connectivity index (χ1v) is 11.2. The van der Waals surface area contributed by atoms with E-state index < -0.39 is 0 Å². The zero-order chi connectivity index (χ0) is 19.9. The minimum absolute atomic E-state index is 0.215. The highest BCUT2D eigenvalue weighted by atomic mass is 32.2. The average Bonchev–Trinajstić information content (AvgIpc) is 3.37. The summed E-state index contributed by atoms with van der Waals surface area (Å²) in [6.07, 6.45) is 2.59. The number of aliphatic hydroxyl groups is 1. The van der Waals surface area contributed by atoms with Crippen LogP contribution in [0.15, 0.2) is 58.7 Å². The minimum atomic E-state index is 0.215. The third kappa shape index (κ3) is 4.71. The molecule has 0 bridgehead atoms. The van der Waals surface area contributed by atoms with Gasteiger partial charge in [-0.3, -0.25) is 4.99 Å². The van der Waals surface area contributed by atoms with Crippen LogP contribution >= 0.6 is 23.7 Å². The lowest BCUT2D eigenvalue weighted by Gasteiger charge is -2.18. The van der Waals surface area contributed by atoms with Crippen molar-refractivity contribution in [3.05, 3.63) is 54.4 Å². The highest BCUT2D eigenvalue weighted by Crippen LogP contribution is 2.34. The number of anilines is 1. The summed E-state index contributed by atoms with van der Waals surface area (Å²) in [5, 5.41) is 12.7. The summed E-state index contributed by atoms with van der Waals surface area (Å²) >= 11 is 3.35. The number of thioether (sulfide) groups is 1. The normalized spacial score (nSPS) is 15.9. The van der Waals surface area contributed by atoms with E-state index >= 15 is 0 Å². The number of H-pyrrole nitrogens is 1. The van der Waals surface area contributed by atoms with Crippen LogP contribution in [0.5, 0.6) is 0 Å². The van der Waals surface area contributed by atoms with Crippen molar-refractivity contribution in [2.75, 3.05) is 24.5 Å². The summed E-state index contributed by atoms with van der Waals surface area (Å²) in [7, 11) is 2.05. The fourth-order valence-corrected chi connectivity index (χ4v) is 4.82. The van der Waals surface area contributed by atoms with Crippen LogP contribution in [0.2, 0.25) is 0 Å². The Morgan fingerprint density at radius 1 is 1.25 bits per heavy atom. The smallest absolute Gasteiger partial charge is 0.117 e. The molecule has 2 N–H and O–H groups in total. The minimum Gasteiger partial charge on any atom is -0.396 e. The van der Waals surface area contributed by atoms with Crippen LogP contribution < -0.4 is 4.31 Å². The Morgan fingerprint density at radius 2 is 2.11 bits per heavy atom. The topological polar surface area (TPSA) is 64.5 Å². The van der Waals surface area contributed by atoms with Crippen molar-refractivity contribution in [3.63, 3.8) is 0 Å². The number of nitrogens with one attached hydrogen (secondary N) is 1. The van der Waals surface area contributed by atoms with Gasteiger partial charge in [-0.25, -0.2) is 4.98 Å². The van der Waals surface area contributed by atoms with Crippen LogP contribution in [0.4, 0.5) is 5.69 Å². The zero-order valence-corrected chi connectivity index (χ0v) is 18.1. The second-order valence-corrected chi connectivity index (χ2v) is 8.52. The molecule has 1 unspecified atom stereocenters. The number of aromatic amines is 1. The second kappa shape index (κ2) is 10.0. The molecule has 0 fully saturated rings. The Kier molecular flexibility index (Phi) is 7.42. The van der Waals surface area contributed by atoms with Crippen molar-refractivity contribution < 1.29 is 5.11 Å². The lowest BCUT2D eigenvalue weighted by Crippen LogP contribution is -2.07. The Hall–Kier alpha value is -1.96. The molecule has 5 nitrogen and oxygen atoms in total. The van der Waals surface area contributed by atoms with Gasteiger partial charge in [0.05, 0.1) is 23.4 Å². The molecule has 0 saturated carbocycles. The molecule has 4 rings (SSSR count). The molecule has 3 heterocycles. The summed E-state index contributed by atoms with van der Waals surface area (Å²) < 4.78 is 2.13. The van der Waals surface area contributed by atoms with E-state index in [1.54, 1.807) is 23.7 Å². The van der Waals surface area contributed by atoms with Gasteiger partial charge in [0.1, 0.15) is 10.1 Å². The number of fused-ring (bicyclic) bond motifs is 1. The first kappa shape index (κ1) is 20.8. The molecule has 1 aliphatic heterocycles. The van der Waals surface area contributed by atoms with Gasteiger partial charge in [0.25, 0.3) is 0 Å². The summed E-state index contributed by atoms with van der Waals surface area (Å²) in [5.74, 6) is 0. The first-order chi connectivity index (χ1) is 13.7. The number of rotatable bonds is 6. The molecule has 1 aromatic carbocycles. The number of aromatic nitrogens is 2. The highest BCUT2D eigenvalue weighted by molar-refractivity contribution is 8.15. The zero-order valence-electron chi connectivity index (χ0n) is 16.4. The lowest BCUT2D eigenvalue weighted by atomic mass is 10.2. The molecule has 3 aromatic rings. The molecular formula is C21H26N4OS2. The quantitative estimate of drug-likeness (QED) is 0.557. The molecule has 7 heteroatoms. The maximum atomic E-state index is 9.13. The maximum Gasteiger partial charge on any atom is 0.117 e. The van der Waals surface area contributed by atoms with E-state index in [4.69, 9.17) is 5.11 Å². The van der Waals surface area contributed by atoms with Gasteiger partial charge in [-0.15, -0.1) is 0 Å². The molecule has 1 atom stereocenters. The van der Waals surface area contributed by atoms with E-state index in [2.05, 4.69) is 43.5 Å². The summed E-state index contributed by atoms with van der Waals surface area (Å²) in [4.78, 5) is 12.6. The number of nitrogens with zero attached hydrogens (tertiary/aromatic N) is 3. The molecule has 28 heavy (non-hydrogen) atoms. The van der Waals surface area contributed by atoms with Crippen LogP contribution in [-0.2, 0) is 0 Å². The number of hydrogen-bond donors (Lipinski definition) is 2. The van der Waals surface area contributed by atoms with E-state index in [1.807, 2.05) is 45.3 Å². The van der Waals surface area contributed by atoms with E-state index in [-0.39, 0.29) is 6.61 Å². The molecule has 0 saturated heterocycles. The Balaban J connectivity index is 0.00000109. The van der Waals surface area contributed by atoms with Crippen molar-refractivity contribution in [2.45, 2.75) is 30.5 Å². The van der Waals surface area contributed by atoms with Gasteiger partial charge < -0.3 is 14.4 Å². The van der Waals surface area contributed by atoms with Crippen LogP contribution in [-0.4, -0.2) is 45.6 Å². The van der Waals surface area contributed by atoms with Crippen LogP contribution in [0.1, 0.15) is 26.0 Å². The number of aliphatic hydroxyl groups excluding tert-OH is 1. The summed E-state index contributed by atoms with van der Waals surface area (Å²) in [6.45, 7) is 4.99. The average molecular weight is 415 g/mol. The van der Waals surface area contributed by atoms with Crippen molar-refractivity contribution in [1.29, 1.82) is 0 Å². The van der Waals surface area contributed by atoms with E-state index in [0.717, 1.165) is 39.9 Å². The monoisotopic (exact) mass is 414 g/mol. The maximum absolute atomic E-state index is 9.13. The Labute approximate surface area is 174 Å². The predicted molar refractivity (Wildman–Crippen MR) is 123 cm³/mol. The molecule has 0 aliphatic carbocycles. The molecule has 0 spiro atoms. The molecule has 0 radical (unpaired) electrons. The van der Waals surface area contributed by atoms with Crippen molar-refractivity contribution in [1.82, 2.24) is 9.97 Å². The molecular weight excluding hydrogens is 388 g/mol. The number of aliphatic imine (C=N–C) groups is 1. The number of pyridine rings is 1. The van der Waals surface area contributed by atoms with Gasteiger partial charge in [0, 0.05) is 42.4 Å². The van der Waals surface area contributed by atoms with E-state index in [1.165, 1.54) is 5.39 Å². The summed E-state index contributed by atoms with van der Waals surface area (Å²) in [6, 6.07) is 14.4. The first-order valence-electron chi connectivity index (χ1n) is 9.51. The Bertz CT molecular complexity index is 927.